The van der Waals surface area contributed by atoms with Crippen LogP contribution in [0.2, 0.25) is 0 Å². The Morgan fingerprint density at radius 1 is 1.10 bits per heavy atom. The fourth-order valence-electron chi connectivity index (χ4n) is 3.21. The normalized spacial score (nSPS) is 14.6. The first-order valence-electron chi connectivity index (χ1n) is 9.80. The highest BCUT2D eigenvalue weighted by molar-refractivity contribution is 14.0. The lowest BCUT2D eigenvalue weighted by atomic mass is 10.1. The first-order chi connectivity index (χ1) is 14.2. The van der Waals surface area contributed by atoms with Crippen molar-refractivity contribution in [2.75, 3.05) is 27.2 Å². The molecule has 1 amide bonds. The summed E-state index contributed by atoms with van der Waals surface area (Å²) in [6.45, 7) is 2.10. The van der Waals surface area contributed by atoms with Gasteiger partial charge in [0.05, 0.1) is 7.11 Å². The molecule has 0 aromatic heterocycles. The summed E-state index contributed by atoms with van der Waals surface area (Å²) in [5, 5.41) is 6.83. The number of aliphatic imine (C=N–C) groups is 1. The lowest BCUT2D eigenvalue weighted by Crippen LogP contribution is -2.49. The van der Waals surface area contributed by atoms with Gasteiger partial charge in [-0.3, -0.25) is 4.99 Å². The van der Waals surface area contributed by atoms with Crippen LogP contribution in [0.1, 0.15) is 18.4 Å². The monoisotopic (exact) mass is 540 g/mol. The lowest BCUT2D eigenvalue weighted by Gasteiger charge is -2.32. The second kappa shape index (κ2) is 12.7. The van der Waals surface area contributed by atoms with Crippen LogP contribution in [-0.4, -0.2) is 50.2 Å². The zero-order chi connectivity index (χ0) is 20.5. The van der Waals surface area contributed by atoms with Gasteiger partial charge in [0.25, 0.3) is 0 Å². The van der Waals surface area contributed by atoms with Gasteiger partial charge in [-0.2, -0.15) is 0 Å². The molecule has 0 aliphatic carbocycles. The Hall–Kier alpha value is -1.94. The Morgan fingerprint density at radius 2 is 1.73 bits per heavy atom. The number of likely N-dealkylation sites (tertiary alicyclic amines) is 1. The standard InChI is InChI=1S/C22H28N4O2S.HI/c1-23-21(25-18-12-14-26(15-13-18)22(27)28-2)24-16-17-8-10-20(11-9-17)29-19-6-4-3-5-7-19;/h3-11,18H,12-16H2,1-2H3,(H2,23,24,25);1H. The van der Waals surface area contributed by atoms with Crippen molar-refractivity contribution in [3.05, 3.63) is 60.2 Å². The van der Waals surface area contributed by atoms with Crippen molar-refractivity contribution in [1.82, 2.24) is 15.5 Å². The van der Waals surface area contributed by atoms with Gasteiger partial charge in [-0.25, -0.2) is 4.79 Å². The van der Waals surface area contributed by atoms with Crippen molar-refractivity contribution in [2.24, 2.45) is 4.99 Å². The summed E-state index contributed by atoms with van der Waals surface area (Å²) in [7, 11) is 3.20. The quantitative estimate of drug-likeness (QED) is 0.336. The number of guanidine groups is 1. The number of piperidine rings is 1. The molecule has 2 aromatic rings. The third-order valence-electron chi connectivity index (χ3n) is 4.85. The first kappa shape index (κ1) is 24.3. The van der Waals surface area contributed by atoms with Crippen molar-refractivity contribution in [1.29, 1.82) is 0 Å². The van der Waals surface area contributed by atoms with Gasteiger partial charge in [0, 0.05) is 42.5 Å². The molecule has 8 heteroatoms. The fourth-order valence-corrected chi connectivity index (χ4v) is 4.05. The number of hydrogen-bond acceptors (Lipinski definition) is 4. The Labute approximate surface area is 199 Å². The molecule has 1 aliphatic rings. The summed E-state index contributed by atoms with van der Waals surface area (Å²) in [4.78, 5) is 20.1. The van der Waals surface area contributed by atoms with Gasteiger partial charge in [0.15, 0.2) is 5.96 Å². The predicted molar refractivity (Wildman–Crippen MR) is 133 cm³/mol. The number of halogens is 1. The number of amides is 1. The Kier molecular flexibility index (Phi) is 10.3. The molecular formula is C22H29IN4O2S. The van der Waals surface area contributed by atoms with Crippen LogP contribution in [0.4, 0.5) is 4.79 Å². The Bertz CT molecular complexity index is 810. The van der Waals surface area contributed by atoms with E-state index in [2.05, 4.69) is 64.2 Å². The summed E-state index contributed by atoms with van der Waals surface area (Å²) in [5.41, 5.74) is 1.20. The van der Waals surface area contributed by atoms with Crippen molar-refractivity contribution >= 4 is 47.8 Å². The third-order valence-corrected chi connectivity index (χ3v) is 5.87. The van der Waals surface area contributed by atoms with E-state index in [1.165, 1.54) is 22.5 Å². The maximum atomic E-state index is 11.6. The predicted octanol–water partition coefficient (Wildman–Crippen LogP) is 4.35. The molecule has 0 atom stereocenters. The van der Waals surface area contributed by atoms with E-state index < -0.39 is 0 Å². The number of benzene rings is 2. The van der Waals surface area contributed by atoms with Gasteiger partial charge in [-0.15, -0.1) is 24.0 Å². The van der Waals surface area contributed by atoms with Crippen molar-refractivity contribution < 1.29 is 9.53 Å². The van der Waals surface area contributed by atoms with E-state index in [-0.39, 0.29) is 30.1 Å². The summed E-state index contributed by atoms with van der Waals surface area (Å²) in [6.07, 6.45) is 1.50. The number of nitrogens with one attached hydrogen (secondary N) is 2. The number of rotatable bonds is 5. The summed E-state index contributed by atoms with van der Waals surface area (Å²) in [6, 6.07) is 19.2. The molecule has 1 aliphatic heterocycles. The zero-order valence-corrected chi connectivity index (χ0v) is 20.5. The van der Waals surface area contributed by atoms with Crippen molar-refractivity contribution in [3.63, 3.8) is 0 Å². The highest BCUT2D eigenvalue weighted by Gasteiger charge is 2.23. The lowest BCUT2D eigenvalue weighted by molar-refractivity contribution is 0.111. The van der Waals surface area contributed by atoms with Gasteiger partial charge in [-0.1, -0.05) is 42.1 Å². The zero-order valence-electron chi connectivity index (χ0n) is 17.3. The maximum Gasteiger partial charge on any atom is 0.409 e. The highest BCUT2D eigenvalue weighted by Crippen LogP contribution is 2.27. The molecule has 6 nitrogen and oxygen atoms in total. The van der Waals surface area contributed by atoms with E-state index in [1.807, 2.05) is 6.07 Å². The van der Waals surface area contributed by atoms with E-state index in [1.54, 1.807) is 23.7 Å². The summed E-state index contributed by atoms with van der Waals surface area (Å²) in [5.74, 6) is 0.782. The molecule has 162 valence electrons. The van der Waals surface area contributed by atoms with Crippen LogP contribution in [0, 0.1) is 0 Å². The van der Waals surface area contributed by atoms with Crippen LogP contribution >= 0.6 is 35.7 Å². The molecule has 1 heterocycles. The number of methoxy groups -OCH3 is 1. The number of carbonyl (C=O) groups is 1. The summed E-state index contributed by atoms with van der Waals surface area (Å²) < 4.78 is 4.79. The van der Waals surface area contributed by atoms with Crippen LogP contribution < -0.4 is 10.6 Å². The molecular weight excluding hydrogens is 511 g/mol. The van der Waals surface area contributed by atoms with Crippen LogP contribution in [0.5, 0.6) is 0 Å². The average Bonchev–Trinajstić information content (AvgIpc) is 2.78. The fraction of sp³-hybridized carbons (Fsp3) is 0.364. The van der Waals surface area contributed by atoms with Gasteiger partial charge in [-0.05, 0) is 42.7 Å². The molecule has 0 radical (unpaired) electrons. The molecule has 2 N–H and O–H groups in total. The Morgan fingerprint density at radius 3 is 2.33 bits per heavy atom. The number of carbonyl (C=O) groups excluding carboxylic acids is 1. The van der Waals surface area contributed by atoms with Crippen LogP contribution in [0.3, 0.4) is 0 Å². The topological polar surface area (TPSA) is 66.0 Å². The molecule has 30 heavy (non-hydrogen) atoms. The van der Waals surface area contributed by atoms with E-state index in [0.29, 0.717) is 25.7 Å². The van der Waals surface area contributed by atoms with Gasteiger partial charge in [0.1, 0.15) is 0 Å². The number of nitrogens with zero attached hydrogens (tertiary/aromatic N) is 2. The second-order valence-electron chi connectivity index (χ2n) is 6.86. The van der Waals surface area contributed by atoms with Crippen molar-refractivity contribution in [2.45, 2.75) is 35.2 Å². The minimum Gasteiger partial charge on any atom is -0.453 e. The first-order valence-corrected chi connectivity index (χ1v) is 10.6. The highest BCUT2D eigenvalue weighted by atomic mass is 127. The van der Waals surface area contributed by atoms with Crippen LogP contribution in [0.15, 0.2) is 69.4 Å². The molecule has 1 fully saturated rings. The van der Waals surface area contributed by atoms with E-state index in [9.17, 15) is 4.79 Å². The maximum absolute atomic E-state index is 11.6. The molecule has 0 spiro atoms. The third kappa shape index (κ3) is 7.39. The van der Waals surface area contributed by atoms with Gasteiger partial charge in [0.2, 0.25) is 0 Å². The van der Waals surface area contributed by atoms with Gasteiger partial charge < -0.3 is 20.3 Å². The molecule has 0 bridgehead atoms. The van der Waals surface area contributed by atoms with E-state index in [0.717, 1.165) is 18.8 Å². The van der Waals surface area contributed by atoms with Crippen molar-refractivity contribution in [3.8, 4) is 0 Å². The molecule has 3 rings (SSSR count). The van der Waals surface area contributed by atoms with Crippen LogP contribution in [0.25, 0.3) is 0 Å². The van der Waals surface area contributed by atoms with E-state index in [4.69, 9.17) is 4.74 Å². The SMILES string of the molecule is CN=C(NCc1ccc(Sc2ccccc2)cc1)NC1CCN(C(=O)OC)CC1.I. The van der Waals surface area contributed by atoms with Crippen LogP contribution in [-0.2, 0) is 11.3 Å². The average molecular weight is 540 g/mol. The van der Waals surface area contributed by atoms with E-state index >= 15 is 0 Å². The number of hydrogen-bond donors (Lipinski definition) is 2. The minimum atomic E-state index is -0.250. The summed E-state index contributed by atoms with van der Waals surface area (Å²) >= 11 is 1.76. The Balaban J connectivity index is 0.00000320. The molecule has 0 saturated carbocycles. The smallest absolute Gasteiger partial charge is 0.409 e. The molecule has 0 unspecified atom stereocenters. The minimum absolute atomic E-state index is 0. The molecule has 1 saturated heterocycles. The van der Waals surface area contributed by atoms with Gasteiger partial charge >= 0.3 is 6.09 Å². The number of ether oxygens (including phenoxy) is 1. The largest absolute Gasteiger partial charge is 0.453 e. The second-order valence-corrected chi connectivity index (χ2v) is 8.01. The molecule has 2 aromatic carbocycles.